The topological polar surface area (TPSA) is 237 Å². The van der Waals surface area contributed by atoms with Crippen LogP contribution in [0.25, 0.3) is 0 Å². The van der Waals surface area contributed by atoms with E-state index >= 15 is 0 Å². The fourth-order valence-electron chi connectivity index (χ4n) is 9.88. The summed E-state index contributed by atoms with van der Waals surface area (Å²) in [6.07, 6.45) is 84.2. The highest BCUT2D eigenvalue weighted by Gasteiger charge is 2.30. The predicted octanol–water partition coefficient (Wildman–Crippen LogP) is 22.7. The van der Waals surface area contributed by atoms with E-state index in [9.17, 15) is 43.2 Å². The lowest BCUT2D eigenvalue weighted by Gasteiger charge is -2.21. The number of esters is 4. The Morgan fingerprint density at radius 3 is 0.892 bits per heavy atom. The van der Waals surface area contributed by atoms with Crippen molar-refractivity contribution in [1.29, 1.82) is 0 Å². The van der Waals surface area contributed by atoms with Gasteiger partial charge in [0.25, 0.3) is 0 Å². The van der Waals surface area contributed by atoms with Crippen molar-refractivity contribution < 1.29 is 80.2 Å². The zero-order valence-corrected chi connectivity index (χ0v) is 65.3. The van der Waals surface area contributed by atoms with Gasteiger partial charge in [0.1, 0.15) is 19.3 Å². The number of hydrogen-bond donors (Lipinski definition) is 3. The van der Waals surface area contributed by atoms with Gasteiger partial charge in [-0.05, 0) is 148 Å². The van der Waals surface area contributed by atoms with Crippen molar-refractivity contribution >= 4 is 39.5 Å². The molecular weight excluding hydrogens is 1330 g/mol. The van der Waals surface area contributed by atoms with Crippen molar-refractivity contribution in [2.24, 2.45) is 0 Å². The van der Waals surface area contributed by atoms with Gasteiger partial charge in [-0.25, -0.2) is 9.13 Å². The van der Waals surface area contributed by atoms with Gasteiger partial charge in [0.05, 0.1) is 26.4 Å². The predicted molar refractivity (Wildman–Crippen MR) is 417 cm³/mol. The van der Waals surface area contributed by atoms with Crippen LogP contribution in [0.3, 0.4) is 0 Å². The molecule has 582 valence electrons. The molecule has 0 amide bonds. The molecule has 5 unspecified atom stereocenters. The van der Waals surface area contributed by atoms with Crippen LogP contribution in [0.15, 0.2) is 146 Å². The van der Waals surface area contributed by atoms with Crippen molar-refractivity contribution in [2.75, 3.05) is 39.6 Å². The maximum atomic E-state index is 13.1. The maximum Gasteiger partial charge on any atom is 0.472 e. The molecule has 0 fully saturated rings. The number of allylic oxidation sites excluding steroid dienone is 24. The van der Waals surface area contributed by atoms with Crippen LogP contribution in [0.2, 0.25) is 0 Å². The number of unbranched alkanes of at least 4 members (excludes halogenated alkanes) is 22. The van der Waals surface area contributed by atoms with E-state index in [1.165, 1.54) is 25.7 Å². The number of aliphatic hydroxyl groups is 1. The van der Waals surface area contributed by atoms with Crippen LogP contribution in [0.4, 0.5) is 0 Å². The molecule has 0 aromatic heterocycles. The molecule has 19 heteroatoms. The number of phosphoric acid groups is 2. The molecule has 0 rings (SSSR count). The van der Waals surface area contributed by atoms with E-state index < -0.39 is 97.5 Å². The Balaban J connectivity index is 5.42. The number of aliphatic hydroxyl groups excluding tert-OH is 1. The summed E-state index contributed by atoms with van der Waals surface area (Å²) in [5, 5.41) is 10.6. The van der Waals surface area contributed by atoms with Crippen LogP contribution in [0.1, 0.15) is 297 Å². The molecule has 5 atom stereocenters. The van der Waals surface area contributed by atoms with E-state index in [2.05, 4.69) is 155 Å². The number of hydrogen-bond acceptors (Lipinski definition) is 15. The van der Waals surface area contributed by atoms with Crippen LogP contribution in [0, 0.1) is 0 Å². The minimum atomic E-state index is -5.00. The van der Waals surface area contributed by atoms with E-state index in [-0.39, 0.29) is 25.7 Å². The summed E-state index contributed by atoms with van der Waals surface area (Å²) in [6, 6.07) is 0. The second-order valence-corrected chi connectivity index (χ2v) is 28.4. The summed E-state index contributed by atoms with van der Waals surface area (Å²) in [6.45, 7) is 4.44. The molecule has 0 heterocycles. The molecule has 0 aromatic carbocycles. The van der Waals surface area contributed by atoms with Crippen LogP contribution < -0.4 is 0 Å². The van der Waals surface area contributed by atoms with Gasteiger partial charge in [0.15, 0.2) is 12.2 Å². The molecule has 0 bridgehead atoms. The minimum absolute atomic E-state index is 0.0292. The molecule has 0 saturated heterocycles. The summed E-state index contributed by atoms with van der Waals surface area (Å²) in [7, 11) is -9.99. The molecule has 0 aliphatic heterocycles. The van der Waals surface area contributed by atoms with Crippen molar-refractivity contribution in [1.82, 2.24) is 0 Å². The van der Waals surface area contributed by atoms with Gasteiger partial charge < -0.3 is 33.8 Å². The van der Waals surface area contributed by atoms with E-state index in [1.54, 1.807) is 0 Å². The Labute approximate surface area is 617 Å². The summed E-state index contributed by atoms with van der Waals surface area (Å²) < 4.78 is 68.4. The van der Waals surface area contributed by atoms with Crippen LogP contribution in [-0.4, -0.2) is 96.7 Å². The molecule has 0 aliphatic carbocycles. The molecule has 0 aromatic rings. The van der Waals surface area contributed by atoms with Crippen molar-refractivity contribution in [3.63, 3.8) is 0 Å². The second-order valence-electron chi connectivity index (χ2n) is 25.5. The van der Waals surface area contributed by atoms with Gasteiger partial charge in [-0.2, -0.15) is 0 Å². The van der Waals surface area contributed by atoms with Gasteiger partial charge >= 0.3 is 39.5 Å². The highest BCUT2D eigenvalue weighted by molar-refractivity contribution is 7.47. The van der Waals surface area contributed by atoms with Gasteiger partial charge in [0, 0.05) is 25.7 Å². The smallest absolute Gasteiger partial charge is 0.462 e. The lowest BCUT2D eigenvalue weighted by atomic mass is 10.1. The monoisotopic (exact) mass is 1470 g/mol. The molecular formula is C83H138O17P2. The van der Waals surface area contributed by atoms with Gasteiger partial charge in [-0.15, -0.1) is 0 Å². The number of carbonyl (C=O) groups excluding carboxylic acids is 4. The Bertz CT molecular complexity index is 2510. The van der Waals surface area contributed by atoms with Crippen molar-refractivity contribution in [3.05, 3.63) is 146 Å². The first-order valence-electron chi connectivity index (χ1n) is 39.1. The van der Waals surface area contributed by atoms with Crippen LogP contribution in [-0.2, 0) is 65.4 Å². The minimum Gasteiger partial charge on any atom is -0.462 e. The summed E-state index contributed by atoms with van der Waals surface area (Å²) in [5.41, 5.74) is 0. The van der Waals surface area contributed by atoms with E-state index in [0.29, 0.717) is 32.1 Å². The van der Waals surface area contributed by atoms with Crippen LogP contribution >= 0.6 is 15.6 Å². The number of rotatable bonds is 72. The molecule has 0 radical (unpaired) electrons. The van der Waals surface area contributed by atoms with Gasteiger partial charge in [0.2, 0.25) is 0 Å². The van der Waals surface area contributed by atoms with Crippen LogP contribution in [0.5, 0.6) is 0 Å². The number of phosphoric ester groups is 2. The van der Waals surface area contributed by atoms with E-state index in [0.717, 1.165) is 186 Å². The largest absolute Gasteiger partial charge is 0.472 e. The van der Waals surface area contributed by atoms with Crippen molar-refractivity contribution in [2.45, 2.75) is 316 Å². The standard InChI is InChI=1S/C83H138O17P2/c1-5-9-13-17-21-25-29-33-35-37-38-40-42-46-48-52-56-60-64-68-81(86)94-74-79(100-83(88)70-66-62-58-54-50-44-32-28-24-20-16-12-8-4)76-98-102(91,92)96-72-77(84)71-95-101(89,90)97-75-78(99-82(87)69-65-61-57-53-49-43-31-27-23-19-15-11-7-3)73-93-80(85)67-63-59-55-51-47-45-41-39-36-34-30-26-22-18-14-10-6-2/h9-10,13-14,16,20-22,25-28,31-36,38,40,46,48,56,60,77-79,84H,5-8,11-12,15,17-19,23-24,29-30,37,39,41-45,47,49-55,57-59,61-76H2,1-4H3,(H,89,90)(H,91,92)/b13-9-,14-10-,20-16-,25-21-,26-22-,31-27-,32-28-,35-33-,36-34-,40-38-,48-46-,60-56-. The normalized spacial score (nSPS) is 14.7. The summed E-state index contributed by atoms with van der Waals surface area (Å²) in [5.74, 6) is -2.31. The molecule has 17 nitrogen and oxygen atoms in total. The SMILES string of the molecule is CC/C=C\C/C=C\C/C=C\C/C=C\C/C=C\C/C=C\CCC(=O)OCC(COP(=O)(O)OCC(O)COP(=O)(O)OCC(COC(=O)CCCCCCCCC/C=C\C/C=C\C/C=C\CC)OC(=O)CCCCCCC/C=C\CCCCCC)OC(=O)CCCCCCC/C=C\C/C=C\CCC. The average Bonchev–Trinajstić information content (AvgIpc) is 0.909. The Morgan fingerprint density at radius 2 is 0.549 bits per heavy atom. The summed E-state index contributed by atoms with van der Waals surface area (Å²) in [4.78, 5) is 72.9. The first-order valence-corrected chi connectivity index (χ1v) is 42.1. The average molecular weight is 1470 g/mol. The van der Waals surface area contributed by atoms with E-state index in [4.69, 9.17) is 37.0 Å². The number of carbonyl (C=O) groups is 4. The quantitative estimate of drug-likeness (QED) is 0.0169. The van der Waals surface area contributed by atoms with E-state index in [1.807, 2.05) is 18.2 Å². The lowest BCUT2D eigenvalue weighted by Crippen LogP contribution is -2.30. The second kappa shape index (κ2) is 74.2. The van der Waals surface area contributed by atoms with Crippen molar-refractivity contribution in [3.8, 4) is 0 Å². The third-order valence-corrected chi connectivity index (χ3v) is 17.7. The highest BCUT2D eigenvalue weighted by Crippen LogP contribution is 2.45. The zero-order valence-electron chi connectivity index (χ0n) is 63.5. The number of ether oxygens (including phenoxy) is 4. The fourth-order valence-corrected chi connectivity index (χ4v) is 11.5. The molecule has 0 aliphatic rings. The van der Waals surface area contributed by atoms with Gasteiger partial charge in [-0.3, -0.25) is 37.3 Å². The van der Waals surface area contributed by atoms with Gasteiger partial charge in [-0.1, -0.05) is 270 Å². The molecule has 0 spiro atoms. The third-order valence-electron chi connectivity index (χ3n) is 15.8. The summed E-state index contributed by atoms with van der Waals surface area (Å²) >= 11 is 0. The Kier molecular flexibility index (Phi) is 70.5. The Hall–Kier alpha value is -5.06. The lowest BCUT2D eigenvalue weighted by molar-refractivity contribution is -0.161. The first-order chi connectivity index (χ1) is 49.7. The Morgan fingerprint density at radius 1 is 0.284 bits per heavy atom. The third kappa shape index (κ3) is 73.3. The fraction of sp³-hybridized carbons (Fsp3) is 0.663. The molecule has 102 heavy (non-hydrogen) atoms. The first kappa shape index (κ1) is 96.9. The zero-order chi connectivity index (χ0) is 74.6. The highest BCUT2D eigenvalue weighted by atomic mass is 31.2. The molecule has 0 saturated carbocycles. The molecule has 3 N–H and O–H groups in total. The maximum absolute atomic E-state index is 13.1.